The summed E-state index contributed by atoms with van der Waals surface area (Å²) >= 11 is 0. The molecule has 0 aliphatic carbocycles. The molecule has 0 aliphatic heterocycles. The normalized spacial score (nSPS) is 11.0. The Kier molecular flexibility index (Phi) is 5.42. The number of hydrogen-bond donors (Lipinski definition) is 0. The van der Waals surface area contributed by atoms with Crippen LogP contribution >= 0.6 is 0 Å². The molecule has 0 N–H and O–H groups in total. The quantitative estimate of drug-likeness (QED) is 0.270. The fourth-order valence-corrected chi connectivity index (χ4v) is 1.38. The maximum absolute atomic E-state index is 11.5. The predicted molar refractivity (Wildman–Crippen MR) is 72.5 cm³/mol. The van der Waals surface area contributed by atoms with Crippen LogP contribution in [-0.2, 0) is 9.53 Å². The molecule has 104 valence electrons. The molecule has 0 saturated carbocycles. The fraction of sp³-hybridized carbons (Fsp3) is 0.286. The van der Waals surface area contributed by atoms with E-state index in [1.807, 2.05) is 19.9 Å². The SMILES string of the molecule is CC(C)COC(=O)C=C(C#N)c1cccc([N+](=O)[O-])c1. The molecule has 6 nitrogen and oxygen atoms in total. The molecule has 0 spiro atoms. The van der Waals surface area contributed by atoms with Crippen molar-refractivity contribution < 1.29 is 14.5 Å². The summed E-state index contributed by atoms with van der Waals surface area (Å²) in [5.41, 5.74) is 0.199. The van der Waals surface area contributed by atoms with Gasteiger partial charge in [0.2, 0.25) is 0 Å². The van der Waals surface area contributed by atoms with Crippen LogP contribution < -0.4 is 0 Å². The third-order valence-electron chi connectivity index (χ3n) is 2.31. The van der Waals surface area contributed by atoms with E-state index >= 15 is 0 Å². The highest BCUT2D eigenvalue weighted by Crippen LogP contribution is 2.19. The number of nitriles is 1. The van der Waals surface area contributed by atoms with Crippen LogP contribution in [0.15, 0.2) is 30.3 Å². The van der Waals surface area contributed by atoms with Crippen LogP contribution in [0.4, 0.5) is 5.69 Å². The molecule has 0 aliphatic rings. The molecular weight excluding hydrogens is 260 g/mol. The van der Waals surface area contributed by atoms with Crippen LogP contribution in [0.1, 0.15) is 19.4 Å². The van der Waals surface area contributed by atoms with Gasteiger partial charge >= 0.3 is 5.97 Å². The minimum absolute atomic E-state index is 0.0301. The third kappa shape index (κ3) is 4.53. The fourth-order valence-electron chi connectivity index (χ4n) is 1.38. The van der Waals surface area contributed by atoms with E-state index in [0.717, 1.165) is 6.08 Å². The molecular formula is C14H14N2O4. The number of nitro groups is 1. The van der Waals surface area contributed by atoms with Gasteiger partial charge in [-0.1, -0.05) is 26.0 Å². The zero-order chi connectivity index (χ0) is 15.1. The van der Waals surface area contributed by atoms with Gasteiger partial charge in [0.15, 0.2) is 0 Å². The van der Waals surface area contributed by atoms with Crippen molar-refractivity contribution in [2.45, 2.75) is 13.8 Å². The highest BCUT2D eigenvalue weighted by molar-refractivity contribution is 5.95. The summed E-state index contributed by atoms with van der Waals surface area (Å²) in [6, 6.07) is 7.38. The van der Waals surface area contributed by atoms with E-state index < -0.39 is 10.9 Å². The van der Waals surface area contributed by atoms with Crippen molar-refractivity contribution in [2.75, 3.05) is 6.61 Å². The number of rotatable bonds is 5. The van der Waals surface area contributed by atoms with Crippen LogP contribution in [0.5, 0.6) is 0 Å². The lowest BCUT2D eigenvalue weighted by atomic mass is 10.1. The predicted octanol–water partition coefficient (Wildman–Crippen LogP) is 2.70. The van der Waals surface area contributed by atoms with Crippen molar-refractivity contribution >= 4 is 17.2 Å². The molecule has 1 rings (SSSR count). The van der Waals surface area contributed by atoms with Gasteiger partial charge in [0.25, 0.3) is 5.69 Å². The molecule has 0 radical (unpaired) electrons. The van der Waals surface area contributed by atoms with Crippen molar-refractivity contribution in [3.63, 3.8) is 0 Å². The number of ether oxygens (including phenoxy) is 1. The Balaban J connectivity index is 2.96. The van der Waals surface area contributed by atoms with Crippen LogP contribution in [0.25, 0.3) is 5.57 Å². The minimum Gasteiger partial charge on any atom is -0.462 e. The number of nitrogens with zero attached hydrogens (tertiary/aromatic N) is 2. The standard InChI is InChI=1S/C14H14N2O4/c1-10(2)9-20-14(17)7-12(8-15)11-4-3-5-13(6-11)16(18)19/h3-7,10H,9H2,1-2H3. The molecule has 0 bridgehead atoms. The van der Waals surface area contributed by atoms with Crippen LogP contribution in [-0.4, -0.2) is 17.5 Å². The maximum atomic E-state index is 11.5. The lowest BCUT2D eigenvalue weighted by molar-refractivity contribution is -0.384. The summed E-state index contributed by atoms with van der Waals surface area (Å²) in [6.07, 6.45) is 1.04. The van der Waals surface area contributed by atoms with Crippen molar-refractivity contribution in [2.24, 2.45) is 5.92 Å². The number of esters is 1. The van der Waals surface area contributed by atoms with Gasteiger partial charge in [-0.05, 0) is 11.5 Å². The Hall–Kier alpha value is -2.68. The summed E-state index contributed by atoms with van der Waals surface area (Å²) in [4.78, 5) is 21.6. The molecule has 1 aromatic carbocycles. The molecule has 0 aromatic heterocycles. The number of carbonyl (C=O) groups is 1. The van der Waals surface area contributed by atoms with E-state index in [1.165, 1.54) is 24.3 Å². The zero-order valence-corrected chi connectivity index (χ0v) is 11.2. The highest BCUT2D eigenvalue weighted by Gasteiger charge is 2.10. The first-order valence-electron chi connectivity index (χ1n) is 5.97. The summed E-state index contributed by atoms with van der Waals surface area (Å²) in [6.45, 7) is 4.04. The Morgan fingerprint density at radius 2 is 2.25 bits per heavy atom. The van der Waals surface area contributed by atoms with Gasteiger partial charge in [-0.2, -0.15) is 5.26 Å². The largest absolute Gasteiger partial charge is 0.462 e. The number of non-ortho nitro benzene ring substituents is 1. The van der Waals surface area contributed by atoms with E-state index in [1.54, 1.807) is 0 Å². The summed E-state index contributed by atoms with van der Waals surface area (Å²) in [7, 11) is 0. The van der Waals surface area contributed by atoms with Gasteiger partial charge in [0, 0.05) is 18.2 Å². The van der Waals surface area contributed by atoms with Gasteiger partial charge in [-0.25, -0.2) is 4.79 Å². The van der Waals surface area contributed by atoms with E-state index in [0.29, 0.717) is 5.56 Å². The second-order valence-corrected chi connectivity index (χ2v) is 4.50. The summed E-state index contributed by atoms with van der Waals surface area (Å²) in [5.74, 6) is -0.447. The zero-order valence-electron chi connectivity index (χ0n) is 11.2. The van der Waals surface area contributed by atoms with Crippen LogP contribution in [0, 0.1) is 27.4 Å². The van der Waals surface area contributed by atoms with Crippen molar-refractivity contribution in [1.82, 2.24) is 0 Å². The average Bonchev–Trinajstić information content (AvgIpc) is 2.42. The minimum atomic E-state index is -0.637. The van der Waals surface area contributed by atoms with E-state index in [2.05, 4.69) is 0 Å². The number of benzene rings is 1. The summed E-state index contributed by atoms with van der Waals surface area (Å²) in [5, 5.41) is 19.7. The monoisotopic (exact) mass is 274 g/mol. The third-order valence-corrected chi connectivity index (χ3v) is 2.31. The van der Waals surface area contributed by atoms with Crippen LogP contribution in [0.2, 0.25) is 0 Å². The molecule has 0 fully saturated rings. The molecule has 0 atom stereocenters. The first kappa shape index (κ1) is 15.4. The van der Waals surface area contributed by atoms with Gasteiger partial charge in [0.05, 0.1) is 17.1 Å². The molecule has 0 amide bonds. The van der Waals surface area contributed by atoms with E-state index in [-0.39, 0.29) is 23.8 Å². The van der Waals surface area contributed by atoms with Gasteiger partial charge < -0.3 is 4.74 Å². The summed E-state index contributed by atoms with van der Waals surface area (Å²) < 4.78 is 4.93. The van der Waals surface area contributed by atoms with Gasteiger partial charge in [-0.15, -0.1) is 0 Å². The molecule has 20 heavy (non-hydrogen) atoms. The maximum Gasteiger partial charge on any atom is 0.332 e. The lowest BCUT2D eigenvalue weighted by Gasteiger charge is -2.05. The van der Waals surface area contributed by atoms with Crippen molar-refractivity contribution in [3.05, 3.63) is 46.0 Å². The van der Waals surface area contributed by atoms with Crippen molar-refractivity contribution in [1.29, 1.82) is 5.26 Å². The van der Waals surface area contributed by atoms with E-state index in [4.69, 9.17) is 10.00 Å². The van der Waals surface area contributed by atoms with E-state index in [9.17, 15) is 14.9 Å². The second-order valence-electron chi connectivity index (χ2n) is 4.50. The first-order valence-corrected chi connectivity index (χ1v) is 5.97. The average molecular weight is 274 g/mol. The highest BCUT2D eigenvalue weighted by atomic mass is 16.6. The Morgan fingerprint density at radius 3 is 2.80 bits per heavy atom. The topological polar surface area (TPSA) is 93.2 Å². The Bertz CT molecular complexity index is 585. The smallest absolute Gasteiger partial charge is 0.332 e. The molecule has 0 saturated heterocycles. The molecule has 1 aromatic rings. The number of hydrogen-bond acceptors (Lipinski definition) is 5. The molecule has 0 unspecified atom stereocenters. The first-order chi connectivity index (χ1) is 9.43. The van der Waals surface area contributed by atoms with Gasteiger partial charge in [0.1, 0.15) is 6.07 Å². The number of carbonyl (C=O) groups excluding carboxylic acids is 1. The Morgan fingerprint density at radius 1 is 1.55 bits per heavy atom. The number of nitro benzene ring substituents is 1. The van der Waals surface area contributed by atoms with Crippen LogP contribution in [0.3, 0.4) is 0 Å². The molecule has 6 heteroatoms. The van der Waals surface area contributed by atoms with Gasteiger partial charge in [-0.3, -0.25) is 10.1 Å². The Labute approximate surface area is 116 Å². The second kappa shape index (κ2) is 7.04. The lowest BCUT2D eigenvalue weighted by Crippen LogP contribution is -2.07. The van der Waals surface area contributed by atoms with Crippen molar-refractivity contribution in [3.8, 4) is 6.07 Å². The number of allylic oxidation sites excluding steroid dienone is 1. The molecule has 0 heterocycles.